The van der Waals surface area contributed by atoms with Crippen LogP contribution in [0.3, 0.4) is 0 Å². The van der Waals surface area contributed by atoms with Crippen LogP contribution in [0.5, 0.6) is 0 Å². The lowest BCUT2D eigenvalue weighted by atomic mass is 9.24. The van der Waals surface area contributed by atoms with E-state index in [0.29, 0.717) is 0 Å². The van der Waals surface area contributed by atoms with Crippen molar-refractivity contribution < 1.29 is 0 Å². The van der Waals surface area contributed by atoms with Crippen molar-refractivity contribution in [3.8, 4) is 0 Å². The van der Waals surface area contributed by atoms with Gasteiger partial charge < -0.3 is 0 Å². The molecule has 2 aromatic rings. The summed E-state index contributed by atoms with van der Waals surface area (Å²) in [5.41, 5.74) is 10.3. The smallest absolute Gasteiger partial charge is 0.0175 e. The lowest BCUT2D eigenvalue weighted by molar-refractivity contribution is -0.261. The molecule has 8 rings (SSSR count). The van der Waals surface area contributed by atoms with Crippen LogP contribution in [0.4, 0.5) is 0 Å². The molecule has 250 valence electrons. The van der Waals surface area contributed by atoms with Gasteiger partial charge in [0, 0.05) is 36.0 Å². The Kier molecular flexibility index (Phi) is 7.15. The zero-order valence-electron chi connectivity index (χ0n) is 30.2. The molecule has 0 aliphatic heterocycles. The molecule has 0 nitrogen and oxygen atoms in total. The quantitative estimate of drug-likeness (QED) is 0.292. The van der Waals surface area contributed by atoms with Gasteiger partial charge in [-0.05, 0) is 88.3 Å². The Labute approximate surface area is 311 Å². The summed E-state index contributed by atoms with van der Waals surface area (Å²) >= 11 is 7.43. The summed E-state index contributed by atoms with van der Waals surface area (Å²) in [5, 5.41) is 0. The lowest BCUT2D eigenvalue weighted by Gasteiger charge is -2.79. The highest BCUT2D eigenvalue weighted by Gasteiger charge is 2.84. The van der Waals surface area contributed by atoms with Gasteiger partial charge in [-0.1, -0.05) is 189 Å². The first kappa shape index (κ1) is 33.2. The lowest BCUT2D eigenvalue weighted by Crippen LogP contribution is -2.74. The van der Waals surface area contributed by atoms with Crippen molar-refractivity contribution in [3.05, 3.63) is 169 Å². The fourth-order valence-corrected chi connectivity index (χ4v) is 12.9. The van der Waals surface area contributed by atoms with Crippen LogP contribution in [0.15, 0.2) is 158 Å². The van der Waals surface area contributed by atoms with Crippen LogP contribution in [0, 0.1) is 37.9 Å². The molecule has 2 heteroatoms. The Morgan fingerprint density at radius 3 is 1.61 bits per heavy atom. The van der Waals surface area contributed by atoms with Crippen molar-refractivity contribution in [3.63, 3.8) is 0 Å². The summed E-state index contributed by atoms with van der Waals surface area (Å²) in [5.74, 6) is 0. The monoisotopic (exact) mass is 770 g/mol. The largest absolute Gasteiger partial charge is 0.0801 e. The van der Waals surface area contributed by atoms with E-state index in [1.165, 1.54) is 39.0 Å². The van der Waals surface area contributed by atoms with Gasteiger partial charge in [0.2, 0.25) is 0 Å². The zero-order valence-corrected chi connectivity index (χ0v) is 33.4. The standard InChI is InChI=1S/C47H48Br2/c1-31-39(32-15-9-10-16-32)38(40(33-17-21-36(48)22-18-33)34-19-23-37(49)24-20-34)29-35-30-45(6)43(4)27-12-11-25-41(43,2)42(3)26-13-14-28-44(42,5)47(45,8)46(31,35)7/h9-15,17-29H,16,30H2,1-8H3. The molecule has 49 heavy (non-hydrogen) atoms. The first-order chi connectivity index (χ1) is 23.1. The Balaban J connectivity index is 1.50. The molecule has 7 atom stereocenters. The van der Waals surface area contributed by atoms with Gasteiger partial charge in [-0.3, -0.25) is 0 Å². The average molecular weight is 773 g/mol. The van der Waals surface area contributed by atoms with Gasteiger partial charge >= 0.3 is 0 Å². The van der Waals surface area contributed by atoms with Crippen molar-refractivity contribution in [2.75, 3.05) is 0 Å². The molecule has 0 amide bonds. The van der Waals surface area contributed by atoms with E-state index in [4.69, 9.17) is 0 Å². The maximum atomic E-state index is 3.72. The number of rotatable bonds is 3. The molecule has 0 saturated heterocycles. The summed E-state index contributed by atoms with van der Waals surface area (Å²) in [6.07, 6.45) is 31.3. The Morgan fingerprint density at radius 1 is 0.612 bits per heavy atom. The van der Waals surface area contributed by atoms with E-state index < -0.39 is 0 Å². The third-order valence-corrected chi connectivity index (χ3v) is 17.0. The van der Waals surface area contributed by atoms with Gasteiger partial charge in [0.25, 0.3) is 0 Å². The van der Waals surface area contributed by atoms with Crippen molar-refractivity contribution in [1.29, 1.82) is 0 Å². The van der Waals surface area contributed by atoms with Crippen LogP contribution in [-0.2, 0) is 0 Å². The fourth-order valence-electron chi connectivity index (χ4n) is 12.4. The molecule has 0 aromatic heterocycles. The maximum Gasteiger partial charge on any atom is 0.0175 e. The van der Waals surface area contributed by atoms with Crippen molar-refractivity contribution in [2.45, 2.75) is 68.2 Å². The van der Waals surface area contributed by atoms with E-state index in [0.717, 1.165) is 21.8 Å². The highest BCUT2D eigenvalue weighted by atomic mass is 79.9. The van der Waals surface area contributed by atoms with Gasteiger partial charge in [-0.25, -0.2) is 0 Å². The highest BCUT2D eigenvalue weighted by Crippen LogP contribution is 2.90. The Bertz CT molecular complexity index is 2030. The predicted octanol–water partition coefficient (Wildman–Crippen LogP) is 13.9. The number of hydrogen-bond acceptors (Lipinski definition) is 0. The van der Waals surface area contributed by atoms with E-state index in [1.807, 2.05) is 0 Å². The molecule has 2 saturated carbocycles. The molecular weight excluding hydrogens is 724 g/mol. The molecule has 7 unspecified atom stereocenters. The SMILES string of the molecule is CC1=C(C2=CC=CC2)C(=C(c2ccc(Br)cc2)c2ccc(Br)cc2)C=C2CC3(C)C4(C)C=CC=CC4(C)C4(C)C=CC=CC4(C)C3(C)C21C. The third-order valence-electron chi connectivity index (χ3n) is 16.0. The first-order valence-corrected chi connectivity index (χ1v) is 19.5. The van der Waals surface area contributed by atoms with Crippen LogP contribution in [0.1, 0.15) is 79.4 Å². The Hall–Kier alpha value is -2.94. The predicted molar refractivity (Wildman–Crippen MR) is 215 cm³/mol. The van der Waals surface area contributed by atoms with E-state index in [9.17, 15) is 0 Å². The molecule has 0 radical (unpaired) electrons. The molecule has 0 spiro atoms. The van der Waals surface area contributed by atoms with Crippen LogP contribution in [-0.4, -0.2) is 0 Å². The van der Waals surface area contributed by atoms with E-state index in [-0.39, 0.29) is 37.9 Å². The maximum absolute atomic E-state index is 3.72. The van der Waals surface area contributed by atoms with Crippen LogP contribution in [0.2, 0.25) is 0 Å². The van der Waals surface area contributed by atoms with Gasteiger partial charge in [0.15, 0.2) is 0 Å². The summed E-state index contributed by atoms with van der Waals surface area (Å²) in [4.78, 5) is 0. The molecule has 0 heterocycles. The second-order valence-electron chi connectivity index (χ2n) is 16.8. The number of hydrogen-bond donors (Lipinski definition) is 0. The minimum atomic E-state index is -0.181. The normalized spacial score (nSPS) is 39.8. The van der Waals surface area contributed by atoms with E-state index in [2.05, 4.69) is 209 Å². The van der Waals surface area contributed by atoms with Gasteiger partial charge in [-0.2, -0.15) is 0 Å². The second-order valence-corrected chi connectivity index (χ2v) is 18.6. The molecule has 6 aliphatic rings. The van der Waals surface area contributed by atoms with Crippen molar-refractivity contribution >= 4 is 37.4 Å². The summed E-state index contributed by atoms with van der Waals surface area (Å²) in [6.45, 7) is 20.8. The van der Waals surface area contributed by atoms with Gasteiger partial charge in [-0.15, -0.1) is 0 Å². The van der Waals surface area contributed by atoms with Crippen LogP contribution in [0.25, 0.3) is 5.57 Å². The first-order valence-electron chi connectivity index (χ1n) is 17.9. The molecule has 0 bridgehead atoms. The van der Waals surface area contributed by atoms with Crippen molar-refractivity contribution in [1.82, 2.24) is 0 Å². The second kappa shape index (κ2) is 10.5. The molecule has 6 aliphatic carbocycles. The molecular formula is C47H48Br2. The number of allylic oxidation sites excluding steroid dienone is 17. The third kappa shape index (κ3) is 3.71. The van der Waals surface area contributed by atoms with E-state index >= 15 is 0 Å². The van der Waals surface area contributed by atoms with Gasteiger partial charge in [0.05, 0.1) is 0 Å². The van der Waals surface area contributed by atoms with E-state index in [1.54, 1.807) is 5.57 Å². The summed E-state index contributed by atoms with van der Waals surface area (Å²) < 4.78 is 2.19. The fraction of sp³-hybridized carbons (Fsp3) is 0.362. The minimum absolute atomic E-state index is 0.0557. The average Bonchev–Trinajstić information content (AvgIpc) is 3.67. The molecule has 2 aromatic carbocycles. The zero-order chi connectivity index (χ0) is 34.8. The summed E-state index contributed by atoms with van der Waals surface area (Å²) in [7, 11) is 0. The molecule has 2 fully saturated rings. The highest BCUT2D eigenvalue weighted by molar-refractivity contribution is 9.10. The number of fused-ring (bicyclic) bond motifs is 8. The minimum Gasteiger partial charge on any atom is -0.0801 e. The van der Waals surface area contributed by atoms with Gasteiger partial charge in [0.1, 0.15) is 0 Å². The molecule has 0 N–H and O–H groups in total. The topological polar surface area (TPSA) is 0 Å². The van der Waals surface area contributed by atoms with Crippen LogP contribution >= 0.6 is 31.9 Å². The van der Waals surface area contributed by atoms with Crippen molar-refractivity contribution in [2.24, 2.45) is 37.9 Å². The number of benzene rings is 2. The summed E-state index contributed by atoms with van der Waals surface area (Å²) in [6, 6.07) is 17.9. The Morgan fingerprint density at radius 2 is 1.10 bits per heavy atom. The number of halogens is 2. The van der Waals surface area contributed by atoms with Crippen LogP contribution < -0.4 is 0 Å².